The van der Waals surface area contributed by atoms with E-state index in [0.717, 1.165) is 25.0 Å². The molecular weight excluding hydrogens is 300 g/mol. The van der Waals surface area contributed by atoms with E-state index in [1.54, 1.807) is 12.1 Å². The van der Waals surface area contributed by atoms with E-state index in [9.17, 15) is 4.21 Å². The van der Waals surface area contributed by atoms with Gasteiger partial charge in [0.05, 0.1) is 18.2 Å². The van der Waals surface area contributed by atoms with Crippen molar-refractivity contribution in [2.45, 2.75) is 32.1 Å². The summed E-state index contributed by atoms with van der Waals surface area (Å²) in [4.78, 5) is 0. The third kappa shape index (κ3) is 5.41. The third-order valence-electron chi connectivity index (χ3n) is 4.25. The quantitative estimate of drug-likeness (QED) is 0.756. The van der Waals surface area contributed by atoms with Crippen molar-refractivity contribution in [3.05, 3.63) is 29.8 Å². The lowest BCUT2D eigenvalue weighted by Gasteiger charge is -2.31. The van der Waals surface area contributed by atoms with E-state index in [4.69, 9.17) is 14.6 Å². The first-order chi connectivity index (χ1) is 10.7. The highest BCUT2D eigenvalue weighted by Gasteiger charge is 2.25. The van der Waals surface area contributed by atoms with Gasteiger partial charge in [-0.25, -0.2) is 8.93 Å². The number of hydrogen-bond acceptors (Lipinski definition) is 3. The van der Waals surface area contributed by atoms with Gasteiger partial charge in [0.2, 0.25) is 11.3 Å². The fourth-order valence-corrected chi connectivity index (χ4v) is 3.34. The Bertz CT molecular complexity index is 527. The smallest absolute Gasteiger partial charge is 0.231 e. The molecule has 0 aliphatic heterocycles. The number of nitrogens with zero attached hydrogens (tertiary/aromatic N) is 1. The Morgan fingerprint density at radius 1 is 1.27 bits per heavy atom. The predicted molar refractivity (Wildman–Crippen MR) is 85.5 cm³/mol. The molecule has 0 spiro atoms. The van der Waals surface area contributed by atoms with Crippen LogP contribution in [-0.4, -0.2) is 21.9 Å². The first-order valence-corrected chi connectivity index (χ1v) is 8.77. The fraction of sp³-hybridized carbons (Fsp3) is 0.562. The Morgan fingerprint density at radius 3 is 2.59 bits per heavy atom. The van der Waals surface area contributed by atoms with Crippen molar-refractivity contribution in [3.63, 3.8) is 0 Å². The van der Waals surface area contributed by atoms with Gasteiger partial charge in [-0.05, 0) is 48.9 Å². The minimum Gasteiger partial charge on any atom is -0.493 e. The zero-order chi connectivity index (χ0) is 15.8. The standard InChI is InChI=1S/C16H22N2O3S/c17-11-13-5-7-16(8-6-13)21-12-15-4-2-1-3-14(15)9-10-18-22(19)20/h5-8,14-15,18H,1-4,9-10,12H2,(H,19,20). The molecule has 1 saturated carbocycles. The summed E-state index contributed by atoms with van der Waals surface area (Å²) in [6.45, 7) is 1.22. The maximum Gasteiger partial charge on any atom is 0.231 e. The SMILES string of the molecule is N#Cc1ccc(OCC2CCCCC2CCNS(=O)O)cc1. The summed E-state index contributed by atoms with van der Waals surface area (Å²) in [6.07, 6.45) is 5.63. The van der Waals surface area contributed by atoms with Crippen LogP contribution in [0.3, 0.4) is 0 Å². The molecule has 1 aromatic carbocycles. The lowest BCUT2D eigenvalue weighted by Crippen LogP contribution is -2.29. The molecule has 6 heteroatoms. The highest BCUT2D eigenvalue weighted by atomic mass is 32.2. The molecule has 3 atom stereocenters. The third-order valence-corrected chi connectivity index (χ3v) is 4.71. The molecule has 1 aliphatic rings. The minimum atomic E-state index is -1.93. The molecule has 1 fully saturated rings. The topological polar surface area (TPSA) is 82.3 Å². The first-order valence-electron chi connectivity index (χ1n) is 7.66. The molecule has 0 aromatic heterocycles. The first kappa shape index (κ1) is 16.9. The highest BCUT2D eigenvalue weighted by Crippen LogP contribution is 2.32. The van der Waals surface area contributed by atoms with E-state index in [0.29, 0.717) is 30.6 Å². The second-order valence-corrected chi connectivity index (χ2v) is 6.47. The lowest BCUT2D eigenvalue weighted by atomic mass is 9.78. The van der Waals surface area contributed by atoms with Crippen LogP contribution in [-0.2, 0) is 11.3 Å². The molecule has 3 unspecified atom stereocenters. The number of ether oxygens (including phenoxy) is 1. The summed E-state index contributed by atoms with van der Waals surface area (Å²) in [5.74, 6) is 1.81. The average Bonchev–Trinajstić information content (AvgIpc) is 2.54. The monoisotopic (exact) mass is 322 g/mol. The lowest BCUT2D eigenvalue weighted by molar-refractivity contribution is 0.143. The molecular formula is C16H22N2O3S. The molecule has 120 valence electrons. The summed E-state index contributed by atoms with van der Waals surface area (Å²) in [6, 6.07) is 9.26. The second kappa shape index (κ2) is 8.89. The van der Waals surface area contributed by atoms with Crippen LogP contribution in [0.2, 0.25) is 0 Å². The zero-order valence-corrected chi connectivity index (χ0v) is 13.3. The van der Waals surface area contributed by atoms with Gasteiger partial charge in [-0.15, -0.1) is 0 Å². The largest absolute Gasteiger partial charge is 0.493 e. The number of nitrogens with one attached hydrogen (secondary N) is 1. The maximum absolute atomic E-state index is 10.6. The number of benzene rings is 1. The van der Waals surface area contributed by atoms with Crippen LogP contribution in [0.5, 0.6) is 5.75 Å². The van der Waals surface area contributed by atoms with Gasteiger partial charge in [-0.2, -0.15) is 5.26 Å². The van der Waals surface area contributed by atoms with Gasteiger partial charge >= 0.3 is 0 Å². The predicted octanol–water partition coefficient (Wildman–Crippen LogP) is 2.86. The van der Waals surface area contributed by atoms with Gasteiger partial charge < -0.3 is 4.74 Å². The van der Waals surface area contributed by atoms with Crippen LogP contribution in [0.25, 0.3) is 0 Å². The van der Waals surface area contributed by atoms with Crippen LogP contribution in [0.4, 0.5) is 0 Å². The van der Waals surface area contributed by atoms with E-state index in [1.807, 2.05) is 12.1 Å². The van der Waals surface area contributed by atoms with Gasteiger partial charge in [0.1, 0.15) is 5.75 Å². The molecule has 2 rings (SSSR count). The van der Waals surface area contributed by atoms with Crippen LogP contribution >= 0.6 is 0 Å². The van der Waals surface area contributed by atoms with E-state index >= 15 is 0 Å². The highest BCUT2D eigenvalue weighted by molar-refractivity contribution is 7.77. The Kier molecular flexibility index (Phi) is 6.84. The van der Waals surface area contributed by atoms with Crippen molar-refractivity contribution in [2.24, 2.45) is 11.8 Å². The minimum absolute atomic E-state index is 0.485. The molecule has 0 heterocycles. The van der Waals surface area contributed by atoms with Gasteiger partial charge in [0, 0.05) is 6.54 Å². The summed E-state index contributed by atoms with van der Waals surface area (Å²) >= 11 is -1.93. The van der Waals surface area contributed by atoms with Crippen LogP contribution in [0.15, 0.2) is 24.3 Å². The summed E-state index contributed by atoms with van der Waals surface area (Å²) in [5.41, 5.74) is 0.631. The fourth-order valence-electron chi connectivity index (χ4n) is 3.04. The molecule has 1 aliphatic carbocycles. The van der Waals surface area contributed by atoms with Gasteiger partial charge in [0.25, 0.3) is 0 Å². The van der Waals surface area contributed by atoms with Gasteiger partial charge in [0.15, 0.2) is 0 Å². The summed E-state index contributed by atoms with van der Waals surface area (Å²) < 4.78 is 27.8. The van der Waals surface area contributed by atoms with E-state index in [2.05, 4.69) is 10.8 Å². The molecule has 0 amide bonds. The molecule has 0 saturated heterocycles. The van der Waals surface area contributed by atoms with Crippen molar-refractivity contribution < 1.29 is 13.5 Å². The Morgan fingerprint density at radius 2 is 1.95 bits per heavy atom. The van der Waals surface area contributed by atoms with Crippen LogP contribution in [0, 0.1) is 23.2 Å². The van der Waals surface area contributed by atoms with Gasteiger partial charge in [-0.1, -0.05) is 19.3 Å². The van der Waals surface area contributed by atoms with Crippen LogP contribution in [0.1, 0.15) is 37.7 Å². The van der Waals surface area contributed by atoms with Gasteiger partial charge in [-0.3, -0.25) is 4.55 Å². The number of rotatable bonds is 7. The van der Waals surface area contributed by atoms with E-state index in [-0.39, 0.29) is 0 Å². The normalized spacial score (nSPS) is 22.7. The molecule has 1 aromatic rings. The van der Waals surface area contributed by atoms with Crippen molar-refractivity contribution >= 4 is 11.3 Å². The van der Waals surface area contributed by atoms with E-state index in [1.165, 1.54) is 12.8 Å². The van der Waals surface area contributed by atoms with Crippen LogP contribution < -0.4 is 9.46 Å². The second-order valence-electron chi connectivity index (χ2n) is 5.68. The van der Waals surface area contributed by atoms with Crippen molar-refractivity contribution in [3.8, 4) is 11.8 Å². The zero-order valence-electron chi connectivity index (χ0n) is 12.5. The average molecular weight is 322 g/mol. The molecule has 22 heavy (non-hydrogen) atoms. The van der Waals surface area contributed by atoms with Crippen molar-refractivity contribution in [2.75, 3.05) is 13.2 Å². The Hall–Kier alpha value is -1.42. The Balaban J connectivity index is 1.82. The molecule has 5 nitrogen and oxygen atoms in total. The number of nitriles is 1. The summed E-state index contributed by atoms with van der Waals surface area (Å²) in [7, 11) is 0. The number of hydrogen-bond donors (Lipinski definition) is 2. The van der Waals surface area contributed by atoms with Crippen molar-refractivity contribution in [1.82, 2.24) is 4.72 Å². The molecule has 0 radical (unpaired) electrons. The van der Waals surface area contributed by atoms with E-state index < -0.39 is 11.3 Å². The maximum atomic E-state index is 10.6. The summed E-state index contributed by atoms with van der Waals surface area (Å²) in [5, 5.41) is 8.78. The Labute approximate surface area is 134 Å². The molecule has 0 bridgehead atoms. The molecule has 2 N–H and O–H groups in total. The van der Waals surface area contributed by atoms with Crippen molar-refractivity contribution in [1.29, 1.82) is 5.26 Å².